The molecule has 1 N–H and O–H groups in total. The molecule has 0 aliphatic carbocycles. The minimum absolute atomic E-state index is 0.379. The molecule has 0 unspecified atom stereocenters. The van der Waals surface area contributed by atoms with Crippen molar-refractivity contribution in [3.8, 4) is 6.07 Å². The second kappa shape index (κ2) is 6.67. The fourth-order valence-electron chi connectivity index (χ4n) is 1.92. The summed E-state index contributed by atoms with van der Waals surface area (Å²) >= 11 is 0. The normalized spacial score (nSPS) is 10.3. The first-order chi connectivity index (χ1) is 9.69. The number of anilines is 1. The highest BCUT2D eigenvalue weighted by atomic mass is 15.0. The molecule has 0 saturated carbocycles. The van der Waals surface area contributed by atoms with Crippen LogP contribution in [0.1, 0.15) is 36.6 Å². The zero-order valence-electron chi connectivity index (χ0n) is 11.8. The summed E-state index contributed by atoms with van der Waals surface area (Å²) in [6, 6.07) is 12.3. The fraction of sp³-hybridized carbons (Fsp3) is 0.312. The summed E-state index contributed by atoms with van der Waals surface area (Å²) in [6.45, 7) is 5.17. The Morgan fingerprint density at radius 2 is 1.95 bits per heavy atom. The predicted molar refractivity (Wildman–Crippen MR) is 79.5 cm³/mol. The summed E-state index contributed by atoms with van der Waals surface area (Å²) in [5, 5.41) is 12.0. The first-order valence-electron chi connectivity index (χ1n) is 6.74. The van der Waals surface area contributed by atoms with Gasteiger partial charge in [-0.25, -0.2) is 9.97 Å². The number of benzene rings is 1. The lowest BCUT2D eigenvalue weighted by atomic mass is 10.0. The molecular formula is C16H18N4. The van der Waals surface area contributed by atoms with E-state index in [9.17, 15) is 0 Å². The molecule has 4 heteroatoms. The molecule has 1 heterocycles. The highest BCUT2D eigenvalue weighted by Crippen LogP contribution is 2.15. The Morgan fingerprint density at radius 1 is 1.20 bits per heavy atom. The van der Waals surface area contributed by atoms with Crippen LogP contribution in [0.15, 0.2) is 36.7 Å². The Bertz CT molecular complexity index is 597. The van der Waals surface area contributed by atoms with Crippen LogP contribution < -0.4 is 5.32 Å². The van der Waals surface area contributed by atoms with Crippen molar-refractivity contribution in [2.45, 2.75) is 26.2 Å². The number of hydrogen-bond donors (Lipinski definition) is 1. The van der Waals surface area contributed by atoms with E-state index in [-0.39, 0.29) is 0 Å². The molecule has 1 aromatic carbocycles. The van der Waals surface area contributed by atoms with Gasteiger partial charge in [0.1, 0.15) is 23.9 Å². The third-order valence-electron chi connectivity index (χ3n) is 3.15. The van der Waals surface area contributed by atoms with Crippen LogP contribution in [0.5, 0.6) is 0 Å². The van der Waals surface area contributed by atoms with Crippen molar-refractivity contribution in [2.75, 3.05) is 11.9 Å². The van der Waals surface area contributed by atoms with Gasteiger partial charge in [0.15, 0.2) is 0 Å². The lowest BCUT2D eigenvalue weighted by molar-refractivity contribution is 0.864. The average molecular weight is 266 g/mol. The first-order valence-corrected chi connectivity index (χ1v) is 6.74. The van der Waals surface area contributed by atoms with Gasteiger partial charge < -0.3 is 5.32 Å². The molecule has 4 nitrogen and oxygen atoms in total. The van der Waals surface area contributed by atoms with Gasteiger partial charge in [0.2, 0.25) is 0 Å². The molecule has 0 amide bonds. The molecule has 0 aliphatic rings. The van der Waals surface area contributed by atoms with E-state index >= 15 is 0 Å². The monoisotopic (exact) mass is 266 g/mol. The van der Waals surface area contributed by atoms with Crippen LogP contribution in [-0.2, 0) is 6.42 Å². The number of nitrogens with one attached hydrogen (secondary N) is 1. The summed E-state index contributed by atoms with van der Waals surface area (Å²) in [6.07, 6.45) is 2.32. The maximum atomic E-state index is 8.77. The molecule has 2 rings (SSSR count). The number of nitrogens with zero attached hydrogens (tertiary/aromatic N) is 3. The molecule has 1 aromatic heterocycles. The van der Waals surface area contributed by atoms with E-state index in [0.717, 1.165) is 13.0 Å². The van der Waals surface area contributed by atoms with Crippen molar-refractivity contribution in [1.82, 2.24) is 9.97 Å². The highest BCUT2D eigenvalue weighted by Gasteiger charge is 2.00. The summed E-state index contributed by atoms with van der Waals surface area (Å²) in [7, 11) is 0. The summed E-state index contributed by atoms with van der Waals surface area (Å²) in [5.41, 5.74) is 3.02. The van der Waals surface area contributed by atoms with Crippen LogP contribution in [-0.4, -0.2) is 16.5 Å². The molecule has 0 fully saturated rings. The molecule has 0 aliphatic heterocycles. The smallest absolute Gasteiger partial charge is 0.145 e. The van der Waals surface area contributed by atoms with Crippen LogP contribution in [0.2, 0.25) is 0 Å². The van der Waals surface area contributed by atoms with Crippen molar-refractivity contribution < 1.29 is 0 Å². The van der Waals surface area contributed by atoms with Gasteiger partial charge in [-0.2, -0.15) is 5.26 Å². The van der Waals surface area contributed by atoms with Gasteiger partial charge >= 0.3 is 0 Å². The topological polar surface area (TPSA) is 61.6 Å². The molecule has 0 radical (unpaired) electrons. The van der Waals surface area contributed by atoms with Gasteiger partial charge in [0.25, 0.3) is 0 Å². The maximum Gasteiger partial charge on any atom is 0.145 e. The van der Waals surface area contributed by atoms with Crippen LogP contribution in [0.3, 0.4) is 0 Å². The average Bonchev–Trinajstić information content (AvgIpc) is 2.48. The van der Waals surface area contributed by atoms with Crippen LogP contribution in [0.4, 0.5) is 5.82 Å². The number of hydrogen-bond acceptors (Lipinski definition) is 4. The fourth-order valence-corrected chi connectivity index (χ4v) is 1.92. The minimum atomic E-state index is 0.379. The Labute approximate surface area is 119 Å². The largest absolute Gasteiger partial charge is 0.370 e. The number of nitriles is 1. The van der Waals surface area contributed by atoms with Gasteiger partial charge in [-0.15, -0.1) is 0 Å². The van der Waals surface area contributed by atoms with Crippen LogP contribution in [0.25, 0.3) is 0 Å². The Kier molecular flexibility index (Phi) is 4.67. The quantitative estimate of drug-likeness (QED) is 0.903. The van der Waals surface area contributed by atoms with E-state index in [1.54, 1.807) is 6.07 Å². The maximum absolute atomic E-state index is 8.77. The minimum Gasteiger partial charge on any atom is -0.370 e. The molecule has 0 atom stereocenters. The predicted octanol–water partition coefficient (Wildman–Crippen LogP) is 3.13. The summed E-state index contributed by atoms with van der Waals surface area (Å²) in [4.78, 5) is 7.92. The van der Waals surface area contributed by atoms with Crippen molar-refractivity contribution in [2.24, 2.45) is 0 Å². The Balaban J connectivity index is 1.88. The number of aromatic nitrogens is 2. The van der Waals surface area contributed by atoms with Gasteiger partial charge in [-0.05, 0) is 23.5 Å². The second-order valence-corrected chi connectivity index (χ2v) is 4.97. The first kappa shape index (κ1) is 14.0. The standard InChI is InChI=1S/C16H18N4/c1-12(2)14-5-3-13(4-6-14)7-8-18-16-9-15(10-17)19-11-20-16/h3-6,9,11-12H,7-8H2,1-2H3,(H,18,19,20). The van der Waals surface area contributed by atoms with E-state index in [1.807, 2.05) is 6.07 Å². The van der Waals surface area contributed by atoms with Crippen molar-refractivity contribution in [3.05, 3.63) is 53.5 Å². The highest BCUT2D eigenvalue weighted by molar-refractivity contribution is 5.38. The zero-order valence-corrected chi connectivity index (χ0v) is 11.8. The van der Waals surface area contributed by atoms with Crippen molar-refractivity contribution in [1.29, 1.82) is 5.26 Å². The summed E-state index contributed by atoms with van der Waals surface area (Å²) < 4.78 is 0. The molecule has 102 valence electrons. The zero-order chi connectivity index (χ0) is 14.4. The van der Waals surface area contributed by atoms with Crippen LogP contribution >= 0.6 is 0 Å². The third-order valence-corrected chi connectivity index (χ3v) is 3.15. The number of rotatable bonds is 5. The molecule has 0 bridgehead atoms. The Morgan fingerprint density at radius 3 is 2.60 bits per heavy atom. The molecule has 20 heavy (non-hydrogen) atoms. The van der Waals surface area contributed by atoms with E-state index in [4.69, 9.17) is 5.26 Å². The van der Waals surface area contributed by atoms with E-state index in [0.29, 0.717) is 17.4 Å². The van der Waals surface area contributed by atoms with E-state index in [1.165, 1.54) is 17.5 Å². The Hall–Kier alpha value is -2.41. The SMILES string of the molecule is CC(C)c1ccc(CCNc2cc(C#N)ncn2)cc1. The molecule has 2 aromatic rings. The van der Waals surface area contributed by atoms with E-state index < -0.39 is 0 Å². The van der Waals surface area contributed by atoms with Gasteiger partial charge in [0.05, 0.1) is 0 Å². The lowest BCUT2D eigenvalue weighted by Gasteiger charge is -2.08. The van der Waals surface area contributed by atoms with Crippen molar-refractivity contribution >= 4 is 5.82 Å². The van der Waals surface area contributed by atoms with Crippen LogP contribution in [0, 0.1) is 11.3 Å². The summed E-state index contributed by atoms with van der Waals surface area (Å²) in [5.74, 6) is 1.25. The van der Waals surface area contributed by atoms with Gasteiger partial charge in [-0.1, -0.05) is 38.1 Å². The molecule has 0 saturated heterocycles. The second-order valence-electron chi connectivity index (χ2n) is 4.97. The van der Waals surface area contributed by atoms with Gasteiger partial charge in [0, 0.05) is 12.6 Å². The van der Waals surface area contributed by atoms with Crippen molar-refractivity contribution in [3.63, 3.8) is 0 Å². The lowest BCUT2D eigenvalue weighted by Crippen LogP contribution is -2.07. The van der Waals surface area contributed by atoms with E-state index in [2.05, 4.69) is 53.4 Å². The molecule has 0 spiro atoms. The third kappa shape index (κ3) is 3.79. The molecular weight excluding hydrogens is 248 g/mol. The van der Waals surface area contributed by atoms with Gasteiger partial charge in [-0.3, -0.25) is 0 Å².